The van der Waals surface area contributed by atoms with Crippen molar-refractivity contribution in [2.75, 3.05) is 0 Å². The highest BCUT2D eigenvalue weighted by Crippen LogP contribution is 2.67. The second-order valence-corrected chi connectivity index (χ2v) is 11.6. The first-order chi connectivity index (χ1) is 13.2. The third kappa shape index (κ3) is 1.92. The first-order valence-electron chi connectivity index (χ1n) is 12.1. The van der Waals surface area contributed by atoms with Crippen molar-refractivity contribution >= 4 is 5.97 Å². The number of ether oxygens (including phenoxy) is 1. The number of hydrogen-bond donors (Lipinski definition) is 0. The van der Waals surface area contributed by atoms with E-state index in [2.05, 4.69) is 19.1 Å². The maximum absolute atomic E-state index is 13.5. The van der Waals surface area contributed by atoms with Crippen LogP contribution in [0.5, 0.6) is 0 Å². The maximum atomic E-state index is 13.5. The second kappa shape index (κ2) is 5.22. The lowest BCUT2D eigenvalue weighted by atomic mass is 9.49. The van der Waals surface area contributed by atoms with Gasteiger partial charge >= 0.3 is 5.97 Å². The van der Waals surface area contributed by atoms with Crippen molar-refractivity contribution in [3.8, 4) is 0 Å². The fourth-order valence-corrected chi connectivity index (χ4v) is 10.3. The van der Waals surface area contributed by atoms with E-state index in [0.29, 0.717) is 17.8 Å². The van der Waals surface area contributed by atoms with Gasteiger partial charge in [0.1, 0.15) is 5.60 Å². The largest absolute Gasteiger partial charge is 0.458 e. The van der Waals surface area contributed by atoms with Gasteiger partial charge in [0, 0.05) is 0 Å². The molecule has 8 aliphatic carbocycles. The van der Waals surface area contributed by atoms with Crippen molar-refractivity contribution in [3.63, 3.8) is 0 Å². The number of hydrogen-bond acceptors (Lipinski definition) is 2. The quantitative estimate of drug-likeness (QED) is 0.388. The molecule has 0 saturated heterocycles. The van der Waals surface area contributed by atoms with E-state index in [4.69, 9.17) is 4.74 Å². The van der Waals surface area contributed by atoms with E-state index in [-0.39, 0.29) is 17.5 Å². The standard InChI is InChI=1S/C25H34O2/c1-2-25(18-6-13-5-14(8-18)9-19(25)7-13)27-24(26)21-12-17-11-20(21)23-16-4-3-15(10-16)22(17)23/h3-4,13-23H,2,5-12H2,1H3. The summed E-state index contributed by atoms with van der Waals surface area (Å²) < 4.78 is 6.67. The van der Waals surface area contributed by atoms with Gasteiger partial charge in [0.2, 0.25) is 0 Å². The van der Waals surface area contributed by atoms with Crippen molar-refractivity contribution in [2.24, 2.45) is 65.1 Å². The van der Waals surface area contributed by atoms with Crippen LogP contribution in [-0.2, 0) is 9.53 Å². The van der Waals surface area contributed by atoms with Crippen LogP contribution in [0.15, 0.2) is 12.2 Å². The van der Waals surface area contributed by atoms with Gasteiger partial charge in [0.25, 0.3) is 0 Å². The molecular weight excluding hydrogens is 332 g/mol. The number of carbonyl (C=O) groups is 1. The summed E-state index contributed by atoms with van der Waals surface area (Å²) >= 11 is 0. The smallest absolute Gasteiger partial charge is 0.309 e. The summed E-state index contributed by atoms with van der Waals surface area (Å²) in [5, 5.41) is 0. The summed E-state index contributed by atoms with van der Waals surface area (Å²) in [5.41, 5.74) is -0.0969. The lowest BCUT2D eigenvalue weighted by Gasteiger charge is -2.60. The molecule has 7 saturated carbocycles. The van der Waals surface area contributed by atoms with Gasteiger partial charge in [-0.1, -0.05) is 19.1 Å². The van der Waals surface area contributed by atoms with Crippen LogP contribution < -0.4 is 0 Å². The molecular formula is C25H34O2. The van der Waals surface area contributed by atoms with Crippen LogP contribution in [0.1, 0.15) is 64.7 Å². The summed E-state index contributed by atoms with van der Waals surface area (Å²) in [7, 11) is 0. The summed E-state index contributed by atoms with van der Waals surface area (Å²) in [6.07, 6.45) is 16.7. The molecule has 0 amide bonds. The SMILES string of the molecule is CCC1(OC(=O)C2CC3CC2C2C4C=CC(C4)C32)C2CC3CC(C2)CC1C3. The Bertz CT molecular complexity index is 679. The van der Waals surface area contributed by atoms with Crippen LogP contribution in [0, 0.1) is 65.1 Å². The Morgan fingerprint density at radius 2 is 1.56 bits per heavy atom. The molecule has 7 atom stereocenters. The van der Waals surface area contributed by atoms with E-state index in [1.165, 1.54) is 44.9 Å². The molecule has 27 heavy (non-hydrogen) atoms. The van der Waals surface area contributed by atoms with Gasteiger partial charge in [-0.2, -0.15) is 0 Å². The van der Waals surface area contributed by atoms with Gasteiger partial charge in [-0.25, -0.2) is 0 Å². The fourth-order valence-electron chi connectivity index (χ4n) is 10.3. The van der Waals surface area contributed by atoms with Crippen molar-refractivity contribution in [2.45, 2.75) is 70.3 Å². The number of fused-ring (bicyclic) bond motifs is 9. The number of carbonyl (C=O) groups excluding carboxylic acids is 1. The number of allylic oxidation sites excluding steroid dienone is 2. The highest BCUT2D eigenvalue weighted by atomic mass is 16.6. The van der Waals surface area contributed by atoms with Crippen LogP contribution in [0.2, 0.25) is 0 Å². The molecule has 0 aromatic heterocycles. The molecule has 0 spiro atoms. The Kier molecular flexibility index (Phi) is 3.10. The average molecular weight is 367 g/mol. The van der Waals surface area contributed by atoms with Crippen molar-refractivity contribution in [1.29, 1.82) is 0 Å². The third-order valence-corrected chi connectivity index (χ3v) is 10.9. The summed E-state index contributed by atoms with van der Waals surface area (Å²) in [5.74, 6) is 8.47. The average Bonchev–Trinajstić information content (AvgIpc) is 3.43. The maximum Gasteiger partial charge on any atom is 0.309 e. The minimum Gasteiger partial charge on any atom is -0.458 e. The summed E-state index contributed by atoms with van der Waals surface area (Å²) in [6, 6.07) is 0. The topological polar surface area (TPSA) is 26.3 Å². The van der Waals surface area contributed by atoms with E-state index in [1.807, 2.05) is 0 Å². The van der Waals surface area contributed by atoms with Gasteiger partial charge in [-0.05, 0) is 117 Å². The molecule has 8 rings (SSSR count). The van der Waals surface area contributed by atoms with Gasteiger partial charge in [-0.15, -0.1) is 0 Å². The molecule has 146 valence electrons. The Morgan fingerprint density at radius 3 is 2.22 bits per heavy atom. The summed E-state index contributed by atoms with van der Waals surface area (Å²) in [4.78, 5) is 13.5. The van der Waals surface area contributed by atoms with Gasteiger partial charge in [0.05, 0.1) is 5.92 Å². The highest BCUT2D eigenvalue weighted by Gasteiger charge is 2.64. The predicted octanol–water partition coefficient (Wildman–Crippen LogP) is 5.23. The Labute approximate surface area is 163 Å². The molecule has 2 heteroatoms. The molecule has 0 aliphatic heterocycles. The molecule has 8 aliphatic rings. The van der Waals surface area contributed by atoms with Crippen LogP contribution in [0.4, 0.5) is 0 Å². The zero-order valence-corrected chi connectivity index (χ0v) is 16.7. The van der Waals surface area contributed by atoms with E-state index in [9.17, 15) is 4.79 Å². The molecule has 8 bridgehead atoms. The molecule has 0 radical (unpaired) electrons. The Morgan fingerprint density at radius 1 is 0.889 bits per heavy atom. The third-order valence-electron chi connectivity index (χ3n) is 10.9. The number of rotatable bonds is 3. The predicted molar refractivity (Wildman–Crippen MR) is 104 cm³/mol. The van der Waals surface area contributed by atoms with E-state index in [0.717, 1.165) is 54.3 Å². The molecule has 7 fully saturated rings. The normalized spacial score (nSPS) is 61.0. The molecule has 0 N–H and O–H groups in total. The molecule has 2 nitrogen and oxygen atoms in total. The first kappa shape index (κ1) is 16.1. The minimum absolute atomic E-state index is 0.0969. The van der Waals surface area contributed by atoms with Crippen LogP contribution in [0.3, 0.4) is 0 Å². The van der Waals surface area contributed by atoms with Crippen molar-refractivity contribution in [3.05, 3.63) is 12.2 Å². The van der Waals surface area contributed by atoms with Crippen molar-refractivity contribution < 1.29 is 9.53 Å². The molecule has 0 aromatic rings. The monoisotopic (exact) mass is 366 g/mol. The van der Waals surface area contributed by atoms with Crippen LogP contribution >= 0.6 is 0 Å². The lowest BCUT2D eigenvalue weighted by Crippen LogP contribution is -2.60. The first-order valence-corrected chi connectivity index (χ1v) is 12.1. The van der Waals surface area contributed by atoms with Crippen LogP contribution in [0.25, 0.3) is 0 Å². The van der Waals surface area contributed by atoms with E-state index < -0.39 is 0 Å². The minimum atomic E-state index is -0.0969. The zero-order chi connectivity index (χ0) is 17.9. The highest BCUT2D eigenvalue weighted by molar-refractivity contribution is 5.74. The van der Waals surface area contributed by atoms with E-state index in [1.54, 1.807) is 0 Å². The van der Waals surface area contributed by atoms with E-state index >= 15 is 0 Å². The second-order valence-electron chi connectivity index (χ2n) is 11.6. The van der Waals surface area contributed by atoms with Gasteiger partial charge in [0.15, 0.2) is 0 Å². The van der Waals surface area contributed by atoms with Gasteiger partial charge in [-0.3, -0.25) is 4.79 Å². The number of esters is 1. The molecule has 7 unspecified atom stereocenters. The Hall–Kier alpha value is -0.790. The zero-order valence-electron chi connectivity index (χ0n) is 16.7. The summed E-state index contributed by atoms with van der Waals surface area (Å²) in [6.45, 7) is 2.30. The molecule has 0 aromatic carbocycles. The molecule has 0 heterocycles. The van der Waals surface area contributed by atoms with Gasteiger partial charge < -0.3 is 4.74 Å². The van der Waals surface area contributed by atoms with Crippen molar-refractivity contribution in [1.82, 2.24) is 0 Å². The fraction of sp³-hybridized carbons (Fsp3) is 0.880. The lowest BCUT2D eigenvalue weighted by molar-refractivity contribution is -0.216. The Balaban J connectivity index is 1.14. The van der Waals surface area contributed by atoms with Crippen LogP contribution in [-0.4, -0.2) is 11.6 Å².